The number of carbonyl (C=O) groups is 1. The first-order valence-corrected chi connectivity index (χ1v) is 7.11. The summed E-state index contributed by atoms with van der Waals surface area (Å²) in [6.45, 7) is 0. The maximum atomic E-state index is 12.8. The van der Waals surface area contributed by atoms with Crippen LogP contribution in [0.4, 0.5) is 26.3 Å². The van der Waals surface area contributed by atoms with Crippen LogP contribution in [0, 0.1) is 0 Å². The molecule has 0 fully saturated rings. The Bertz CT molecular complexity index is 789. The van der Waals surface area contributed by atoms with Crippen LogP contribution < -0.4 is 0 Å². The van der Waals surface area contributed by atoms with Crippen molar-refractivity contribution in [1.29, 1.82) is 0 Å². The van der Waals surface area contributed by atoms with Crippen molar-refractivity contribution in [1.82, 2.24) is 0 Å². The van der Waals surface area contributed by atoms with E-state index in [2.05, 4.69) is 0 Å². The molecule has 0 heterocycles. The van der Waals surface area contributed by atoms with Gasteiger partial charge in [-0.2, -0.15) is 26.3 Å². The van der Waals surface area contributed by atoms with E-state index in [1.54, 1.807) is 0 Å². The Labute approximate surface area is 143 Å². The summed E-state index contributed by atoms with van der Waals surface area (Å²) in [5.41, 5.74) is -2.64. The standard InChI is InChI=1S/C17H9ClF6O/c18-15-4-3-11(12(7-15)9-25)2-1-10-5-13(16(19,20)21)8-14(6-10)17(22,23)24/h1-9H/b2-1+. The number of alkyl halides is 6. The number of halogens is 7. The lowest BCUT2D eigenvalue weighted by atomic mass is 10.0. The Hall–Kier alpha value is -2.28. The van der Waals surface area contributed by atoms with E-state index in [4.69, 9.17) is 11.6 Å². The van der Waals surface area contributed by atoms with Crippen molar-refractivity contribution in [2.45, 2.75) is 12.4 Å². The van der Waals surface area contributed by atoms with E-state index in [9.17, 15) is 31.1 Å². The van der Waals surface area contributed by atoms with Crippen LogP contribution in [0.3, 0.4) is 0 Å². The van der Waals surface area contributed by atoms with Crippen molar-refractivity contribution in [2.75, 3.05) is 0 Å². The number of aldehydes is 1. The molecule has 25 heavy (non-hydrogen) atoms. The zero-order chi connectivity index (χ0) is 18.8. The number of benzene rings is 2. The molecule has 0 spiro atoms. The third-order valence-corrected chi connectivity index (χ3v) is 3.48. The fourth-order valence-corrected chi connectivity index (χ4v) is 2.24. The first-order chi connectivity index (χ1) is 11.5. The Morgan fingerprint density at radius 3 is 1.80 bits per heavy atom. The molecule has 0 aromatic heterocycles. The fourth-order valence-electron chi connectivity index (χ4n) is 2.06. The summed E-state index contributed by atoms with van der Waals surface area (Å²) in [6.07, 6.45) is -7.04. The summed E-state index contributed by atoms with van der Waals surface area (Å²) in [4.78, 5) is 11.0. The van der Waals surface area contributed by atoms with E-state index in [1.807, 2.05) is 0 Å². The van der Waals surface area contributed by atoms with Gasteiger partial charge in [-0.3, -0.25) is 4.79 Å². The largest absolute Gasteiger partial charge is 0.416 e. The third-order valence-electron chi connectivity index (χ3n) is 3.24. The van der Waals surface area contributed by atoms with Gasteiger partial charge in [0.25, 0.3) is 0 Å². The minimum Gasteiger partial charge on any atom is -0.298 e. The summed E-state index contributed by atoms with van der Waals surface area (Å²) in [6, 6.07) is 5.46. The summed E-state index contributed by atoms with van der Waals surface area (Å²) >= 11 is 5.72. The number of carbonyl (C=O) groups excluding carboxylic acids is 1. The molecule has 0 amide bonds. The minimum atomic E-state index is -4.92. The molecule has 0 aliphatic rings. The second-order valence-corrected chi connectivity index (χ2v) is 5.50. The summed E-state index contributed by atoms with van der Waals surface area (Å²) in [5, 5.41) is 0.276. The van der Waals surface area contributed by atoms with Crippen LogP contribution in [0.5, 0.6) is 0 Å². The van der Waals surface area contributed by atoms with Gasteiger partial charge in [-0.15, -0.1) is 0 Å². The highest BCUT2D eigenvalue weighted by Crippen LogP contribution is 2.36. The predicted molar refractivity (Wildman–Crippen MR) is 82.2 cm³/mol. The van der Waals surface area contributed by atoms with E-state index in [-0.39, 0.29) is 22.2 Å². The number of rotatable bonds is 3. The van der Waals surface area contributed by atoms with Gasteiger partial charge < -0.3 is 0 Å². The second-order valence-electron chi connectivity index (χ2n) is 5.06. The average Bonchev–Trinajstić information content (AvgIpc) is 2.51. The fraction of sp³-hybridized carbons (Fsp3) is 0.118. The Kier molecular flexibility index (Phi) is 5.27. The zero-order valence-electron chi connectivity index (χ0n) is 12.3. The molecule has 132 valence electrons. The van der Waals surface area contributed by atoms with Gasteiger partial charge >= 0.3 is 12.4 Å². The minimum absolute atomic E-state index is 0.0521. The molecule has 0 saturated heterocycles. The molecule has 0 aliphatic heterocycles. The average molecular weight is 379 g/mol. The lowest BCUT2D eigenvalue weighted by molar-refractivity contribution is -0.143. The van der Waals surface area contributed by atoms with Gasteiger partial charge in [-0.25, -0.2) is 0 Å². The lowest BCUT2D eigenvalue weighted by Crippen LogP contribution is -2.11. The van der Waals surface area contributed by atoms with E-state index < -0.39 is 23.5 Å². The zero-order valence-corrected chi connectivity index (χ0v) is 13.0. The molecule has 2 aromatic carbocycles. The molecule has 2 rings (SSSR count). The molecule has 8 heteroatoms. The van der Waals surface area contributed by atoms with E-state index in [0.29, 0.717) is 24.0 Å². The van der Waals surface area contributed by atoms with Crippen molar-refractivity contribution in [3.05, 3.63) is 69.2 Å². The van der Waals surface area contributed by atoms with Gasteiger partial charge in [0.1, 0.15) is 0 Å². The molecule has 0 unspecified atom stereocenters. The Morgan fingerprint density at radius 1 is 0.760 bits per heavy atom. The van der Waals surface area contributed by atoms with Crippen LogP contribution in [0.2, 0.25) is 5.02 Å². The second kappa shape index (κ2) is 6.92. The first kappa shape index (κ1) is 19.1. The Balaban J connectivity index is 2.50. The number of hydrogen-bond acceptors (Lipinski definition) is 1. The molecule has 0 bridgehead atoms. The maximum Gasteiger partial charge on any atom is 0.416 e. The van der Waals surface area contributed by atoms with Crippen LogP contribution in [0.1, 0.15) is 32.6 Å². The monoisotopic (exact) mass is 378 g/mol. The van der Waals surface area contributed by atoms with Crippen LogP contribution in [-0.2, 0) is 12.4 Å². The van der Waals surface area contributed by atoms with Crippen molar-refractivity contribution in [3.63, 3.8) is 0 Å². The van der Waals surface area contributed by atoms with Crippen LogP contribution in [0.25, 0.3) is 12.2 Å². The molecular weight excluding hydrogens is 370 g/mol. The molecule has 1 nitrogen and oxygen atoms in total. The van der Waals surface area contributed by atoms with Gasteiger partial charge in [0, 0.05) is 10.6 Å². The highest BCUT2D eigenvalue weighted by atomic mass is 35.5. The maximum absolute atomic E-state index is 12.8. The third kappa shape index (κ3) is 4.85. The molecule has 0 aliphatic carbocycles. The smallest absolute Gasteiger partial charge is 0.298 e. The van der Waals surface area contributed by atoms with Crippen molar-refractivity contribution in [3.8, 4) is 0 Å². The normalized spacial score (nSPS) is 12.6. The molecule has 0 saturated carbocycles. The topological polar surface area (TPSA) is 17.1 Å². The summed E-state index contributed by atoms with van der Waals surface area (Å²) in [5.74, 6) is 0. The Morgan fingerprint density at radius 2 is 1.32 bits per heavy atom. The molecule has 2 aromatic rings. The number of hydrogen-bond donors (Lipinski definition) is 0. The first-order valence-electron chi connectivity index (χ1n) is 6.73. The summed E-state index contributed by atoms with van der Waals surface area (Å²) < 4.78 is 76.9. The molecule has 0 atom stereocenters. The molecular formula is C17H9ClF6O. The van der Waals surface area contributed by atoms with Gasteiger partial charge in [-0.05, 0) is 41.5 Å². The predicted octanol–water partition coefficient (Wildman–Crippen LogP) is 6.36. The van der Waals surface area contributed by atoms with Crippen LogP contribution in [-0.4, -0.2) is 6.29 Å². The van der Waals surface area contributed by atoms with Crippen molar-refractivity contribution < 1.29 is 31.1 Å². The highest BCUT2D eigenvalue weighted by molar-refractivity contribution is 6.30. The molecule has 0 N–H and O–H groups in total. The van der Waals surface area contributed by atoms with Gasteiger partial charge in [0.05, 0.1) is 11.1 Å². The van der Waals surface area contributed by atoms with E-state index in [0.717, 1.165) is 6.08 Å². The quantitative estimate of drug-likeness (QED) is 0.345. The van der Waals surface area contributed by atoms with Gasteiger partial charge in [-0.1, -0.05) is 29.8 Å². The lowest BCUT2D eigenvalue weighted by Gasteiger charge is -2.13. The highest BCUT2D eigenvalue weighted by Gasteiger charge is 2.36. The van der Waals surface area contributed by atoms with Gasteiger partial charge in [0.2, 0.25) is 0 Å². The summed E-state index contributed by atoms with van der Waals surface area (Å²) in [7, 11) is 0. The van der Waals surface area contributed by atoms with E-state index in [1.165, 1.54) is 24.3 Å². The van der Waals surface area contributed by atoms with E-state index >= 15 is 0 Å². The van der Waals surface area contributed by atoms with Crippen LogP contribution in [0.15, 0.2) is 36.4 Å². The van der Waals surface area contributed by atoms with Crippen molar-refractivity contribution in [2.24, 2.45) is 0 Å². The molecule has 0 radical (unpaired) electrons. The van der Waals surface area contributed by atoms with Crippen LogP contribution >= 0.6 is 11.6 Å². The SMILES string of the molecule is O=Cc1cc(Cl)ccc1/C=C/c1cc(C(F)(F)F)cc(C(F)(F)F)c1. The van der Waals surface area contributed by atoms with Gasteiger partial charge in [0.15, 0.2) is 6.29 Å². The van der Waals surface area contributed by atoms with Crippen molar-refractivity contribution >= 4 is 30.0 Å².